The molecule has 1 unspecified atom stereocenters. The van der Waals surface area contributed by atoms with Crippen LogP contribution in [0.4, 0.5) is 0 Å². The molecule has 0 spiro atoms. The topological polar surface area (TPSA) is 34.1 Å². The van der Waals surface area contributed by atoms with E-state index in [0.717, 1.165) is 32.0 Å². The molecule has 0 aliphatic heterocycles. The Labute approximate surface area is 226 Å². The van der Waals surface area contributed by atoms with Crippen LogP contribution in [-0.2, 0) is 9.59 Å². The van der Waals surface area contributed by atoms with E-state index >= 15 is 0 Å². The van der Waals surface area contributed by atoms with Crippen LogP contribution < -0.4 is 0 Å². The van der Waals surface area contributed by atoms with Crippen LogP contribution in [0.2, 0.25) is 0 Å². The average molecular weight is 505 g/mol. The Morgan fingerprint density at radius 2 is 0.861 bits per heavy atom. The first-order valence-corrected chi connectivity index (χ1v) is 16.4. The zero-order valence-corrected chi connectivity index (χ0v) is 24.7. The zero-order valence-electron chi connectivity index (χ0n) is 24.7. The van der Waals surface area contributed by atoms with Gasteiger partial charge in [-0.1, -0.05) is 154 Å². The molecule has 212 valence electrons. The Hall–Kier alpha value is -0.920. The number of carbonyl (C=O) groups excluding carboxylic acids is 2. The maximum absolute atomic E-state index is 12.4. The van der Waals surface area contributed by atoms with Gasteiger partial charge in [0.15, 0.2) is 0 Å². The Bertz CT molecular complexity index is 482. The van der Waals surface area contributed by atoms with Gasteiger partial charge in [0.05, 0.1) is 5.92 Å². The summed E-state index contributed by atoms with van der Waals surface area (Å²) < 4.78 is 0. The smallest absolute Gasteiger partial charge is 0.143 e. The van der Waals surface area contributed by atoms with E-state index in [1.807, 2.05) is 0 Å². The molecule has 0 heterocycles. The average Bonchev–Trinajstić information content (AvgIpc) is 2.89. The zero-order chi connectivity index (χ0) is 26.4. The van der Waals surface area contributed by atoms with Crippen LogP contribution in [0.15, 0.2) is 12.2 Å². The van der Waals surface area contributed by atoms with Gasteiger partial charge in [-0.2, -0.15) is 0 Å². The fourth-order valence-electron chi connectivity index (χ4n) is 5.07. The number of aldehydes is 1. The number of hydrogen-bond donors (Lipinski definition) is 0. The number of rotatable bonds is 30. The lowest BCUT2D eigenvalue weighted by Crippen LogP contribution is -2.15. The number of Topliss-reactive ketones (excluding diaryl/α,β-unsaturated/α-hetero) is 1. The Kier molecular flexibility index (Phi) is 29.5. The summed E-state index contributed by atoms with van der Waals surface area (Å²) in [4.78, 5) is 23.8. The fraction of sp³-hybridized carbons (Fsp3) is 0.882. The van der Waals surface area contributed by atoms with E-state index in [4.69, 9.17) is 0 Å². The summed E-state index contributed by atoms with van der Waals surface area (Å²) in [5, 5.41) is 0. The van der Waals surface area contributed by atoms with Crippen LogP contribution in [0.5, 0.6) is 0 Å². The van der Waals surface area contributed by atoms with E-state index in [1.54, 1.807) is 0 Å². The molecule has 0 aliphatic rings. The normalized spacial score (nSPS) is 12.4. The lowest BCUT2D eigenvalue weighted by molar-refractivity contribution is -0.127. The van der Waals surface area contributed by atoms with Gasteiger partial charge in [-0.05, 0) is 38.5 Å². The van der Waals surface area contributed by atoms with Gasteiger partial charge in [0.25, 0.3) is 0 Å². The maximum atomic E-state index is 12.4. The highest BCUT2D eigenvalue weighted by Crippen LogP contribution is 2.17. The third-order valence-electron chi connectivity index (χ3n) is 7.63. The molecular weight excluding hydrogens is 440 g/mol. The van der Waals surface area contributed by atoms with Crippen LogP contribution in [0.3, 0.4) is 0 Å². The van der Waals surface area contributed by atoms with Crippen molar-refractivity contribution in [2.75, 3.05) is 0 Å². The number of ketones is 1. The Morgan fingerprint density at radius 3 is 1.28 bits per heavy atom. The first-order chi connectivity index (χ1) is 17.8. The predicted molar refractivity (Wildman–Crippen MR) is 160 cm³/mol. The van der Waals surface area contributed by atoms with Crippen LogP contribution >= 0.6 is 0 Å². The highest BCUT2D eigenvalue weighted by atomic mass is 16.1. The summed E-state index contributed by atoms with van der Waals surface area (Å²) in [6, 6.07) is 0. The molecule has 0 radical (unpaired) electrons. The largest absolute Gasteiger partial charge is 0.303 e. The van der Waals surface area contributed by atoms with Gasteiger partial charge >= 0.3 is 0 Å². The molecular formula is C34H64O2. The molecule has 2 nitrogen and oxygen atoms in total. The Balaban J connectivity index is 3.47. The van der Waals surface area contributed by atoms with Crippen LogP contribution in [-0.4, -0.2) is 12.1 Å². The molecule has 0 aliphatic carbocycles. The SMILES string of the molecule is CCCCCCCC/C=C\CCCCCCCC(=O)C(C=O)CCCCCCCCCCCCCC. The summed E-state index contributed by atoms with van der Waals surface area (Å²) in [5.74, 6) is -0.157. The number of hydrogen-bond acceptors (Lipinski definition) is 2. The van der Waals surface area contributed by atoms with Crippen molar-refractivity contribution in [3.8, 4) is 0 Å². The van der Waals surface area contributed by atoms with Gasteiger partial charge in [0.2, 0.25) is 0 Å². The standard InChI is InChI=1S/C34H64O2/c1-3-5-7-9-11-13-15-17-18-19-21-23-25-27-29-31-34(36)33(32-35)30-28-26-24-22-20-16-14-12-10-8-6-4-2/h17-18,32-33H,3-16,19-31H2,1-2H3/b18-17-. The predicted octanol–water partition coefficient (Wildman–Crippen LogP) is 11.5. The van der Waals surface area contributed by atoms with Crippen molar-refractivity contribution in [3.05, 3.63) is 12.2 Å². The van der Waals surface area contributed by atoms with Gasteiger partial charge in [-0.25, -0.2) is 0 Å². The van der Waals surface area contributed by atoms with Gasteiger partial charge in [-0.3, -0.25) is 4.79 Å². The first-order valence-electron chi connectivity index (χ1n) is 16.4. The summed E-state index contributed by atoms with van der Waals surface area (Å²) in [7, 11) is 0. The second-order valence-corrected chi connectivity index (χ2v) is 11.2. The molecule has 0 rings (SSSR count). The quantitative estimate of drug-likeness (QED) is 0.0422. The minimum Gasteiger partial charge on any atom is -0.303 e. The molecule has 2 heteroatoms. The first kappa shape index (κ1) is 35.1. The molecule has 36 heavy (non-hydrogen) atoms. The monoisotopic (exact) mass is 504 g/mol. The van der Waals surface area contributed by atoms with Crippen molar-refractivity contribution in [2.24, 2.45) is 5.92 Å². The van der Waals surface area contributed by atoms with E-state index in [1.165, 1.54) is 141 Å². The minimum atomic E-state index is -0.343. The Morgan fingerprint density at radius 1 is 0.500 bits per heavy atom. The highest BCUT2D eigenvalue weighted by Gasteiger charge is 2.16. The maximum Gasteiger partial charge on any atom is 0.143 e. The molecule has 0 fully saturated rings. The van der Waals surface area contributed by atoms with Crippen molar-refractivity contribution in [1.29, 1.82) is 0 Å². The molecule has 0 N–H and O–H groups in total. The molecule has 0 aromatic rings. The fourth-order valence-corrected chi connectivity index (χ4v) is 5.07. The number of carbonyl (C=O) groups is 2. The third kappa shape index (κ3) is 26.2. The minimum absolute atomic E-state index is 0.186. The molecule has 0 aromatic heterocycles. The van der Waals surface area contributed by atoms with E-state index in [2.05, 4.69) is 26.0 Å². The van der Waals surface area contributed by atoms with Crippen molar-refractivity contribution >= 4 is 12.1 Å². The van der Waals surface area contributed by atoms with Crippen molar-refractivity contribution in [1.82, 2.24) is 0 Å². The van der Waals surface area contributed by atoms with E-state index in [0.29, 0.717) is 6.42 Å². The van der Waals surface area contributed by atoms with Crippen LogP contribution in [0.1, 0.15) is 187 Å². The highest BCUT2D eigenvalue weighted by molar-refractivity contribution is 5.93. The molecule has 0 saturated carbocycles. The summed E-state index contributed by atoms with van der Waals surface area (Å²) >= 11 is 0. The van der Waals surface area contributed by atoms with E-state index in [9.17, 15) is 9.59 Å². The molecule has 1 atom stereocenters. The summed E-state index contributed by atoms with van der Waals surface area (Å²) in [5.41, 5.74) is 0. The van der Waals surface area contributed by atoms with E-state index in [-0.39, 0.29) is 11.7 Å². The van der Waals surface area contributed by atoms with Crippen molar-refractivity contribution in [2.45, 2.75) is 187 Å². The van der Waals surface area contributed by atoms with Gasteiger partial charge in [0.1, 0.15) is 12.1 Å². The van der Waals surface area contributed by atoms with Crippen LogP contribution in [0, 0.1) is 5.92 Å². The summed E-state index contributed by atoms with van der Waals surface area (Å²) in [6.45, 7) is 4.54. The van der Waals surface area contributed by atoms with Crippen molar-refractivity contribution in [3.63, 3.8) is 0 Å². The number of allylic oxidation sites excluding steroid dienone is 2. The molecule has 0 bridgehead atoms. The lowest BCUT2D eigenvalue weighted by Gasteiger charge is -2.09. The molecule has 0 aromatic carbocycles. The summed E-state index contributed by atoms with van der Waals surface area (Å²) in [6.07, 6.45) is 39.3. The van der Waals surface area contributed by atoms with Crippen LogP contribution in [0.25, 0.3) is 0 Å². The third-order valence-corrected chi connectivity index (χ3v) is 7.63. The van der Waals surface area contributed by atoms with Gasteiger partial charge < -0.3 is 4.79 Å². The second-order valence-electron chi connectivity index (χ2n) is 11.2. The van der Waals surface area contributed by atoms with Crippen molar-refractivity contribution < 1.29 is 9.59 Å². The molecule has 0 amide bonds. The van der Waals surface area contributed by atoms with Gasteiger partial charge in [0, 0.05) is 6.42 Å². The molecule has 0 saturated heterocycles. The number of unbranched alkanes of at least 4 members (excludes halogenated alkanes) is 22. The van der Waals surface area contributed by atoms with Gasteiger partial charge in [-0.15, -0.1) is 0 Å². The van der Waals surface area contributed by atoms with E-state index < -0.39 is 0 Å². The lowest BCUT2D eigenvalue weighted by atomic mass is 9.94. The second kappa shape index (κ2) is 30.3.